The standard InChI is InChI=1S/C37H23N5/c1-2-9-24(10-3-1)30-20-22-39-37(40-30)42-31-16-5-4-14-29(31)35-33(42)19-18-28-27-15-6-11-25-12-7-17-32(34(25)27)41(36(28)35)26-13-8-21-38-23-26/h1-23H. The molecule has 5 heteroatoms. The van der Waals surface area contributed by atoms with Crippen molar-refractivity contribution < 1.29 is 0 Å². The summed E-state index contributed by atoms with van der Waals surface area (Å²) in [5, 5.41) is 4.78. The summed E-state index contributed by atoms with van der Waals surface area (Å²) >= 11 is 0. The Morgan fingerprint density at radius 2 is 1.43 bits per heavy atom. The van der Waals surface area contributed by atoms with Crippen LogP contribution in [0.5, 0.6) is 0 Å². The third-order valence-corrected chi connectivity index (χ3v) is 8.27. The summed E-state index contributed by atoms with van der Waals surface area (Å²) in [5.41, 5.74) is 9.81. The predicted octanol–water partition coefficient (Wildman–Crippen LogP) is 9.24. The number of anilines is 3. The maximum Gasteiger partial charge on any atom is 0.235 e. The maximum absolute atomic E-state index is 5.07. The van der Waals surface area contributed by atoms with Gasteiger partial charge in [-0.05, 0) is 47.3 Å². The molecule has 1 aliphatic heterocycles. The Bertz CT molecular complexity index is 2300. The zero-order valence-electron chi connectivity index (χ0n) is 22.5. The van der Waals surface area contributed by atoms with Gasteiger partial charge in [0.05, 0.1) is 40.0 Å². The third-order valence-electron chi connectivity index (χ3n) is 8.27. The van der Waals surface area contributed by atoms with Gasteiger partial charge in [-0.15, -0.1) is 0 Å². The van der Waals surface area contributed by atoms with E-state index < -0.39 is 0 Å². The first kappa shape index (κ1) is 22.9. The van der Waals surface area contributed by atoms with Crippen molar-refractivity contribution in [3.8, 4) is 28.3 Å². The maximum atomic E-state index is 5.07. The molecule has 5 nitrogen and oxygen atoms in total. The average Bonchev–Trinajstić information content (AvgIpc) is 3.41. The van der Waals surface area contributed by atoms with Gasteiger partial charge in [-0.25, -0.2) is 9.97 Å². The lowest BCUT2D eigenvalue weighted by Gasteiger charge is -2.34. The molecule has 0 saturated heterocycles. The summed E-state index contributed by atoms with van der Waals surface area (Å²) in [6.07, 6.45) is 5.62. The van der Waals surface area contributed by atoms with Crippen LogP contribution in [-0.2, 0) is 0 Å². The minimum atomic E-state index is 0.647. The smallest absolute Gasteiger partial charge is 0.235 e. The molecule has 0 bridgehead atoms. The number of aromatic nitrogens is 4. The van der Waals surface area contributed by atoms with Crippen molar-refractivity contribution in [2.24, 2.45) is 0 Å². The first-order valence-corrected chi connectivity index (χ1v) is 14.0. The Kier molecular flexibility index (Phi) is 4.83. The van der Waals surface area contributed by atoms with E-state index >= 15 is 0 Å². The van der Waals surface area contributed by atoms with E-state index in [2.05, 4.69) is 105 Å². The minimum Gasteiger partial charge on any atom is -0.307 e. The molecular formula is C37H23N5. The zero-order chi connectivity index (χ0) is 27.6. The van der Waals surface area contributed by atoms with Gasteiger partial charge < -0.3 is 4.90 Å². The fraction of sp³-hybridized carbons (Fsp3) is 0. The van der Waals surface area contributed by atoms with Crippen LogP contribution in [-0.4, -0.2) is 19.5 Å². The van der Waals surface area contributed by atoms with Crippen LogP contribution >= 0.6 is 0 Å². The Morgan fingerprint density at radius 1 is 0.571 bits per heavy atom. The van der Waals surface area contributed by atoms with Crippen molar-refractivity contribution in [2.75, 3.05) is 4.90 Å². The monoisotopic (exact) mass is 537 g/mol. The first-order valence-electron chi connectivity index (χ1n) is 14.0. The van der Waals surface area contributed by atoms with Crippen molar-refractivity contribution >= 4 is 49.6 Å². The molecule has 0 unspecified atom stereocenters. The normalized spacial score (nSPS) is 12.2. The van der Waals surface area contributed by atoms with Crippen molar-refractivity contribution in [1.29, 1.82) is 0 Å². The van der Waals surface area contributed by atoms with Crippen molar-refractivity contribution in [3.05, 3.63) is 140 Å². The van der Waals surface area contributed by atoms with Gasteiger partial charge in [0.1, 0.15) is 0 Å². The van der Waals surface area contributed by atoms with Gasteiger partial charge in [-0.1, -0.05) is 84.9 Å². The molecule has 9 rings (SSSR count). The van der Waals surface area contributed by atoms with Crippen molar-refractivity contribution in [1.82, 2.24) is 19.5 Å². The van der Waals surface area contributed by atoms with Gasteiger partial charge in [-0.2, -0.15) is 0 Å². The molecule has 8 aromatic rings. The summed E-state index contributed by atoms with van der Waals surface area (Å²) in [4.78, 5) is 16.8. The molecule has 196 valence electrons. The SMILES string of the molecule is c1ccc(-c2ccnc(-n3c4ccccc4c4c5c(ccc43)-c3cccc4cccc(c34)N5c3cccnc3)n2)cc1. The highest BCUT2D eigenvalue weighted by Crippen LogP contribution is 2.54. The number of para-hydroxylation sites is 1. The van der Waals surface area contributed by atoms with Crippen LogP contribution in [0, 0.1) is 0 Å². The fourth-order valence-electron chi connectivity index (χ4n) is 6.54. The summed E-state index contributed by atoms with van der Waals surface area (Å²) < 4.78 is 2.19. The van der Waals surface area contributed by atoms with Gasteiger partial charge in [0.15, 0.2) is 0 Å². The number of pyridine rings is 1. The molecule has 0 N–H and O–H groups in total. The molecule has 3 aromatic heterocycles. The van der Waals surface area contributed by atoms with Crippen LogP contribution in [0.3, 0.4) is 0 Å². The second-order valence-electron chi connectivity index (χ2n) is 10.5. The molecule has 0 aliphatic carbocycles. The first-order chi connectivity index (χ1) is 20.9. The van der Waals surface area contributed by atoms with E-state index in [1.807, 2.05) is 48.9 Å². The highest BCUT2D eigenvalue weighted by atomic mass is 15.2. The lowest BCUT2D eigenvalue weighted by atomic mass is 9.89. The van der Waals surface area contributed by atoms with Crippen LogP contribution in [0.2, 0.25) is 0 Å². The van der Waals surface area contributed by atoms with E-state index in [4.69, 9.17) is 9.97 Å². The largest absolute Gasteiger partial charge is 0.307 e. The molecule has 42 heavy (non-hydrogen) atoms. The van der Waals surface area contributed by atoms with E-state index in [1.165, 1.54) is 21.9 Å². The second-order valence-corrected chi connectivity index (χ2v) is 10.5. The summed E-state index contributed by atoms with van der Waals surface area (Å²) in [6.45, 7) is 0. The number of benzene rings is 5. The molecular weight excluding hydrogens is 514 g/mol. The van der Waals surface area contributed by atoms with E-state index in [0.29, 0.717) is 5.95 Å². The molecule has 0 amide bonds. The second kappa shape index (κ2) is 8.85. The van der Waals surface area contributed by atoms with E-state index in [9.17, 15) is 0 Å². The number of hydrogen-bond donors (Lipinski definition) is 0. The molecule has 0 saturated carbocycles. The van der Waals surface area contributed by atoms with Crippen molar-refractivity contribution in [2.45, 2.75) is 0 Å². The third kappa shape index (κ3) is 3.22. The van der Waals surface area contributed by atoms with E-state index in [1.54, 1.807) is 0 Å². The molecule has 4 heterocycles. The lowest BCUT2D eigenvalue weighted by Crippen LogP contribution is -2.15. The van der Waals surface area contributed by atoms with Gasteiger partial charge >= 0.3 is 0 Å². The highest BCUT2D eigenvalue weighted by molar-refractivity contribution is 6.24. The predicted molar refractivity (Wildman–Crippen MR) is 171 cm³/mol. The summed E-state index contributed by atoms with van der Waals surface area (Å²) in [7, 11) is 0. The van der Waals surface area contributed by atoms with Crippen LogP contribution in [0.1, 0.15) is 0 Å². The molecule has 1 aliphatic rings. The van der Waals surface area contributed by atoms with Crippen LogP contribution < -0.4 is 4.90 Å². The summed E-state index contributed by atoms with van der Waals surface area (Å²) in [5.74, 6) is 0.647. The molecule has 0 fully saturated rings. The Labute approximate surface area is 242 Å². The summed E-state index contributed by atoms with van der Waals surface area (Å²) in [6, 6.07) is 42.5. The number of rotatable bonds is 3. The fourth-order valence-corrected chi connectivity index (χ4v) is 6.54. The number of nitrogens with zero attached hydrogens (tertiary/aromatic N) is 5. The average molecular weight is 538 g/mol. The van der Waals surface area contributed by atoms with E-state index in [0.717, 1.165) is 50.1 Å². The number of hydrogen-bond acceptors (Lipinski definition) is 4. The minimum absolute atomic E-state index is 0.647. The van der Waals surface area contributed by atoms with Crippen molar-refractivity contribution in [3.63, 3.8) is 0 Å². The lowest BCUT2D eigenvalue weighted by molar-refractivity contribution is 0.992. The quantitative estimate of drug-likeness (QED) is 0.225. The van der Waals surface area contributed by atoms with Gasteiger partial charge in [0.25, 0.3) is 0 Å². The molecule has 0 spiro atoms. The molecule has 0 atom stereocenters. The van der Waals surface area contributed by atoms with Gasteiger partial charge in [0, 0.05) is 39.7 Å². The molecule has 0 radical (unpaired) electrons. The Hall–Kier alpha value is -5.81. The van der Waals surface area contributed by atoms with Crippen LogP contribution in [0.15, 0.2) is 140 Å². The topological polar surface area (TPSA) is 46.8 Å². The van der Waals surface area contributed by atoms with Crippen LogP contribution in [0.25, 0.3) is 60.9 Å². The van der Waals surface area contributed by atoms with Crippen LogP contribution in [0.4, 0.5) is 17.1 Å². The Balaban J connectivity index is 1.41. The van der Waals surface area contributed by atoms with Gasteiger partial charge in [0.2, 0.25) is 5.95 Å². The highest BCUT2D eigenvalue weighted by Gasteiger charge is 2.30. The Morgan fingerprint density at radius 3 is 2.31 bits per heavy atom. The molecule has 5 aromatic carbocycles. The van der Waals surface area contributed by atoms with Gasteiger partial charge in [-0.3, -0.25) is 9.55 Å². The number of fused-ring (bicyclic) bond motifs is 6. The van der Waals surface area contributed by atoms with E-state index in [-0.39, 0.29) is 0 Å². The zero-order valence-corrected chi connectivity index (χ0v) is 22.5.